The van der Waals surface area contributed by atoms with E-state index in [2.05, 4.69) is 25.5 Å². The summed E-state index contributed by atoms with van der Waals surface area (Å²) in [5.41, 5.74) is 2.13. The van der Waals surface area contributed by atoms with E-state index in [9.17, 15) is 52.2 Å². The maximum absolute atomic E-state index is 12.9. The molecule has 1 fully saturated rings. The number of carboxylic acids is 1. The van der Waals surface area contributed by atoms with Gasteiger partial charge in [0.1, 0.15) is 23.8 Å². The number of anilines is 1. The number of amides is 5. The highest BCUT2D eigenvalue weighted by molar-refractivity contribution is 7.88. The smallest absolute Gasteiger partial charge is 0.380 e. The average molecular weight is 684 g/mol. The van der Waals surface area contributed by atoms with Crippen molar-refractivity contribution in [2.24, 2.45) is 5.16 Å². The number of aromatic hydroxyl groups is 1. The number of rotatable bonds is 10. The van der Waals surface area contributed by atoms with Gasteiger partial charge in [0.05, 0.1) is 6.54 Å². The Hall–Kier alpha value is -6.11. The van der Waals surface area contributed by atoms with Gasteiger partial charge in [-0.15, -0.1) is 16.4 Å². The number of hydrogen-bond acceptors (Lipinski definition) is 16. The van der Waals surface area contributed by atoms with Crippen molar-refractivity contribution in [3.8, 4) is 5.75 Å². The standard InChI is InChI=1S/C21H21N11O12S2/c1-21(2,17(38)39)44-28-13(10-6-45-18(22)26-10)15(36)25-9-5-30(16(9)37)19(40)29-46(42,43)32-20(41)31(7-24-32)27-14(35)8-3-11(33)12(34)4-23-8/h3-4,6-7,9,34H,5H2,1-2H3,(H2,22,26)(H,23,33)(H,25,36)(H,27,35)(H,29,40)(H,38,39)/b28-13+. The highest BCUT2D eigenvalue weighted by atomic mass is 32.2. The molecular weight excluding hydrogens is 662 g/mol. The van der Waals surface area contributed by atoms with E-state index in [0.717, 1.165) is 31.4 Å². The van der Waals surface area contributed by atoms with Crippen LogP contribution in [0.15, 0.2) is 38.7 Å². The lowest BCUT2D eigenvalue weighted by molar-refractivity contribution is -0.161. The fourth-order valence-corrected chi connectivity index (χ4v) is 4.67. The molecule has 0 bridgehead atoms. The minimum Gasteiger partial charge on any atom is -0.503 e. The van der Waals surface area contributed by atoms with Crippen molar-refractivity contribution in [1.82, 2.24) is 38.8 Å². The number of carbonyl (C=O) groups is 5. The molecule has 0 aromatic carbocycles. The van der Waals surface area contributed by atoms with Gasteiger partial charge in [-0.3, -0.25) is 29.5 Å². The van der Waals surface area contributed by atoms with E-state index in [1.165, 1.54) is 10.1 Å². The Labute approximate surface area is 258 Å². The van der Waals surface area contributed by atoms with Gasteiger partial charge in [0.15, 0.2) is 16.6 Å². The van der Waals surface area contributed by atoms with Crippen LogP contribution >= 0.6 is 11.3 Å². The summed E-state index contributed by atoms with van der Waals surface area (Å²) in [5.74, 6) is -5.37. The van der Waals surface area contributed by atoms with Gasteiger partial charge < -0.3 is 31.1 Å². The van der Waals surface area contributed by atoms with E-state index in [1.807, 2.05) is 5.43 Å². The molecule has 25 heteroatoms. The Morgan fingerprint density at radius 2 is 1.93 bits per heavy atom. The van der Waals surface area contributed by atoms with Gasteiger partial charge in [0.25, 0.3) is 17.7 Å². The normalized spacial score (nSPS) is 15.1. The van der Waals surface area contributed by atoms with Crippen LogP contribution in [0.5, 0.6) is 5.75 Å². The fraction of sp³-hybridized carbons (Fsp3) is 0.238. The number of aromatic nitrogens is 5. The predicted octanol–water partition coefficient (Wildman–Crippen LogP) is -3.73. The highest BCUT2D eigenvalue weighted by Gasteiger charge is 2.44. The number of aromatic amines is 1. The quantitative estimate of drug-likeness (QED) is 0.0614. The molecule has 1 saturated heterocycles. The molecule has 46 heavy (non-hydrogen) atoms. The minimum absolute atomic E-state index is 0.0248. The van der Waals surface area contributed by atoms with Crippen molar-refractivity contribution in [3.05, 3.63) is 56.1 Å². The first-order valence-electron chi connectivity index (χ1n) is 12.2. The molecule has 3 aromatic rings. The number of imide groups is 1. The molecule has 4 heterocycles. The number of likely N-dealkylation sites (tertiary alicyclic amines) is 1. The number of urea groups is 1. The van der Waals surface area contributed by atoms with E-state index < -0.39 is 86.4 Å². The number of nitrogens with two attached hydrogens (primary N) is 1. The molecule has 1 atom stereocenters. The lowest BCUT2D eigenvalue weighted by Gasteiger charge is -2.36. The molecule has 23 nitrogen and oxygen atoms in total. The van der Waals surface area contributed by atoms with E-state index in [4.69, 9.17) is 10.6 Å². The highest BCUT2D eigenvalue weighted by Crippen LogP contribution is 2.17. The molecule has 0 saturated carbocycles. The Balaban J connectivity index is 1.40. The first-order valence-corrected chi connectivity index (χ1v) is 14.5. The molecule has 5 amide bonds. The summed E-state index contributed by atoms with van der Waals surface area (Å²) < 4.78 is 26.8. The van der Waals surface area contributed by atoms with Crippen molar-refractivity contribution < 1.29 is 47.4 Å². The summed E-state index contributed by atoms with van der Waals surface area (Å²) in [7, 11) is -5.10. The number of H-pyrrole nitrogens is 1. The van der Waals surface area contributed by atoms with Crippen molar-refractivity contribution in [3.63, 3.8) is 0 Å². The van der Waals surface area contributed by atoms with E-state index >= 15 is 0 Å². The topological polar surface area (TPSA) is 332 Å². The third kappa shape index (κ3) is 6.68. The summed E-state index contributed by atoms with van der Waals surface area (Å²) in [6, 6.07) is -2.21. The Morgan fingerprint density at radius 3 is 2.52 bits per heavy atom. The zero-order valence-corrected chi connectivity index (χ0v) is 24.8. The maximum atomic E-state index is 12.9. The summed E-state index contributed by atoms with van der Waals surface area (Å²) in [4.78, 5) is 97.2. The number of nitrogen functional groups attached to an aromatic ring is 1. The first kappa shape index (κ1) is 32.8. The van der Waals surface area contributed by atoms with Gasteiger partial charge in [-0.25, -0.2) is 24.1 Å². The molecular formula is C21H21N11O12S2. The second-order valence-corrected chi connectivity index (χ2v) is 11.9. The summed E-state index contributed by atoms with van der Waals surface area (Å²) in [6.45, 7) is 1.75. The van der Waals surface area contributed by atoms with Gasteiger partial charge in [0.2, 0.25) is 11.0 Å². The Kier molecular flexibility index (Phi) is 8.64. The van der Waals surface area contributed by atoms with Gasteiger partial charge in [0, 0.05) is 17.6 Å². The third-order valence-corrected chi connectivity index (χ3v) is 7.60. The van der Waals surface area contributed by atoms with Crippen LogP contribution in [0.3, 0.4) is 0 Å². The molecule has 0 radical (unpaired) electrons. The number of carbonyl (C=O) groups excluding carboxylic acids is 4. The average Bonchev–Trinajstić information content (AvgIpc) is 3.56. The molecule has 8 N–H and O–H groups in total. The molecule has 4 rings (SSSR count). The first-order chi connectivity index (χ1) is 21.4. The van der Waals surface area contributed by atoms with Crippen LogP contribution in [0, 0.1) is 0 Å². The fourth-order valence-electron chi connectivity index (χ4n) is 3.25. The van der Waals surface area contributed by atoms with Gasteiger partial charge in [-0.2, -0.15) is 13.1 Å². The number of hydrogen-bond donors (Lipinski definition) is 7. The number of nitrogens with zero attached hydrogens (tertiary/aromatic N) is 6. The number of carboxylic acid groups (broad SMARTS) is 1. The van der Waals surface area contributed by atoms with E-state index in [-0.39, 0.29) is 14.9 Å². The number of pyridine rings is 1. The van der Waals surface area contributed by atoms with Crippen molar-refractivity contribution in [1.29, 1.82) is 0 Å². The minimum atomic E-state index is -5.10. The molecule has 1 aliphatic heterocycles. The zero-order chi connectivity index (χ0) is 34.1. The number of nitrogens with one attached hydrogen (secondary N) is 4. The van der Waals surface area contributed by atoms with Crippen molar-refractivity contribution in [2.75, 3.05) is 17.7 Å². The Bertz CT molecular complexity index is 2020. The van der Waals surface area contributed by atoms with Crippen LogP contribution in [0.2, 0.25) is 0 Å². The maximum Gasteiger partial charge on any atom is 0.380 e. The van der Waals surface area contributed by atoms with Crippen LogP contribution in [-0.2, 0) is 29.4 Å². The summed E-state index contributed by atoms with van der Waals surface area (Å²) in [6.07, 6.45) is 1.36. The van der Waals surface area contributed by atoms with E-state index in [1.54, 1.807) is 0 Å². The van der Waals surface area contributed by atoms with E-state index in [0.29, 0.717) is 22.0 Å². The zero-order valence-electron chi connectivity index (χ0n) is 23.1. The molecule has 0 aliphatic carbocycles. The van der Waals surface area contributed by atoms with Crippen LogP contribution in [0.1, 0.15) is 30.0 Å². The SMILES string of the molecule is CC(C)(O/N=C(/C(=O)NC1CN(C(=O)NS(=O)(=O)n2ncn(NC(=O)c3cc(=O)c(O)c[nH]3)c2=O)C1=O)c1csc(N)n1)C(=O)O. The van der Waals surface area contributed by atoms with Gasteiger partial charge in [-0.05, 0) is 13.8 Å². The number of thiazole rings is 1. The van der Waals surface area contributed by atoms with Crippen LogP contribution < -0.4 is 32.3 Å². The van der Waals surface area contributed by atoms with Crippen LogP contribution in [0.25, 0.3) is 0 Å². The van der Waals surface area contributed by atoms with Crippen molar-refractivity contribution >= 4 is 62.1 Å². The lowest BCUT2D eigenvalue weighted by atomic mass is 10.1. The summed E-state index contributed by atoms with van der Waals surface area (Å²) >= 11 is 0.918. The van der Waals surface area contributed by atoms with Crippen LogP contribution in [-0.4, -0.2) is 101 Å². The summed E-state index contributed by atoms with van der Waals surface area (Å²) in [5, 5.41) is 28.9. The molecule has 244 valence electrons. The van der Waals surface area contributed by atoms with Gasteiger partial charge >= 0.3 is 27.9 Å². The third-order valence-electron chi connectivity index (χ3n) is 5.78. The monoisotopic (exact) mass is 683 g/mol. The number of oxime groups is 1. The molecule has 1 unspecified atom stereocenters. The van der Waals surface area contributed by atoms with Crippen molar-refractivity contribution in [2.45, 2.75) is 25.5 Å². The Morgan fingerprint density at radius 1 is 1.24 bits per heavy atom. The molecule has 0 spiro atoms. The number of aliphatic carboxylic acids is 1. The second kappa shape index (κ2) is 12.1. The largest absolute Gasteiger partial charge is 0.503 e. The second-order valence-electron chi connectivity index (χ2n) is 9.47. The lowest BCUT2D eigenvalue weighted by Crippen LogP contribution is -2.68. The van der Waals surface area contributed by atoms with Crippen LogP contribution in [0.4, 0.5) is 9.93 Å². The van der Waals surface area contributed by atoms with Gasteiger partial charge in [-0.1, -0.05) is 9.24 Å². The number of β-lactam (4-membered cyclic amide) rings is 1. The molecule has 1 aliphatic rings. The predicted molar refractivity (Wildman–Crippen MR) is 151 cm³/mol. The molecule has 3 aromatic heterocycles.